The van der Waals surface area contributed by atoms with Crippen LogP contribution in [-0.2, 0) is 26.2 Å². The van der Waals surface area contributed by atoms with Gasteiger partial charge in [-0.05, 0) is 76.1 Å². The fraction of sp³-hybridized carbons (Fsp3) is 0.310. The highest BCUT2D eigenvalue weighted by Gasteiger charge is 2.33. The maximum Gasteiger partial charge on any atom is 0.264 e. The number of amides is 2. The molecule has 38 heavy (non-hydrogen) atoms. The fourth-order valence-electron chi connectivity index (χ4n) is 3.92. The molecule has 0 saturated heterocycles. The molecule has 0 spiro atoms. The molecule has 0 aliphatic heterocycles. The fourth-order valence-corrected chi connectivity index (χ4v) is 5.42. The smallest absolute Gasteiger partial charge is 0.264 e. The first kappa shape index (κ1) is 28.8. The Morgan fingerprint density at radius 3 is 2.08 bits per heavy atom. The van der Waals surface area contributed by atoms with Crippen molar-refractivity contribution in [2.24, 2.45) is 0 Å². The Balaban J connectivity index is 2.03. The van der Waals surface area contributed by atoms with Crippen LogP contribution in [0, 0.1) is 12.7 Å². The quantitative estimate of drug-likeness (QED) is 0.429. The molecule has 2 amide bonds. The lowest BCUT2D eigenvalue weighted by atomic mass is 10.1. The number of halogens is 1. The SMILES string of the molecule is Cc1ccccc1N(CC(=O)N(Cc1ccc(F)cc1)[C@H](C)C(=O)NC(C)(C)C)S(=O)(=O)c1ccccc1. The molecule has 0 aliphatic rings. The van der Waals surface area contributed by atoms with Gasteiger partial charge in [0.1, 0.15) is 18.4 Å². The van der Waals surface area contributed by atoms with Crippen molar-refractivity contribution >= 4 is 27.5 Å². The molecule has 1 atom stereocenters. The number of carbonyl (C=O) groups is 2. The minimum Gasteiger partial charge on any atom is -0.350 e. The van der Waals surface area contributed by atoms with Gasteiger partial charge in [0, 0.05) is 12.1 Å². The summed E-state index contributed by atoms with van der Waals surface area (Å²) in [4.78, 5) is 28.3. The van der Waals surface area contributed by atoms with Gasteiger partial charge in [0.05, 0.1) is 10.6 Å². The van der Waals surface area contributed by atoms with E-state index in [1.165, 1.54) is 41.3 Å². The molecule has 0 heterocycles. The van der Waals surface area contributed by atoms with Gasteiger partial charge >= 0.3 is 0 Å². The maximum absolute atomic E-state index is 13.9. The molecule has 1 N–H and O–H groups in total. The molecule has 0 radical (unpaired) electrons. The average Bonchev–Trinajstić information content (AvgIpc) is 2.86. The first-order valence-corrected chi connectivity index (χ1v) is 13.7. The number of aryl methyl sites for hydroxylation is 1. The van der Waals surface area contributed by atoms with Crippen LogP contribution in [0.15, 0.2) is 83.8 Å². The first-order chi connectivity index (χ1) is 17.8. The van der Waals surface area contributed by atoms with Crippen molar-refractivity contribution in [2.45, 2.75) is 57.6 Å². The van der Waals surface area contributed by atoms with E-state index >= 15 is 0 Å². The van der Waals surface area contributed by atoms with Crippen LogP contribution in [0.25, 0.3) is 0 Å². The largest absolute Gasteiger partial charge is 0.350 e. The summed E-state index contributed by atoms with van der Waals surface area (Å²) in [6.45, 7) is 8.30. The number of nitrogens with zero attached hydrogens (tertiary/aromatic N) is 2. The second-order valence-electron chi connectivity index (χ2n) is 10.2. The molecule has 3 aromatic rings. The van der Waals surface area contributed by atoms with E-state index in [0.717, 1.165) is 4.31 Å². The molecular weight excluding hydrogens is 505 g/mol. The van der Waals surface area contributed by atoms with Gasteiger partial charge in [0.2, 0.25) is 11.8 Å². The molecule has 3 aromatic carbocycles. The van der Waals surface area contributed by atoms with Crippen LogP contribution in [0.4, 0.5) is 10.1 Å². The Bertz CT molecular complexity index is 1370. The summed E-state index contributed by atoms with van der Waals surface area (Å²) >= 11 is 0. The first-order valence-electron chi connectivity index (χ1n) is 12.3. The van der Waals surface area contributed by atoms with Gasteiger partial charge in [-0.2, -0.15) is 0 Å². The van der Waals surface area contributed by atoms with E-state index in [2.05, 4.69) is 5.32 Å². The van der Waals surface area contributed by atoms with Crippen molar-refractivity contribution in [1.29, 1.82) is 0 Å². The second kappa shape index (κ2) is 11.8. The van der Waals surface area contributed by atoms with E-state index in [-0.39, 0.29) is 17.3 Å². The summed E-state index contributed by atoms with van der Waals surface area (Å²) in [5, 5.41) is 2.87. The van der Waals surface area contributed by atoms with E-state index in [0.29, 0.717) is 16.8 Å². The van der Waals surface area contributed by atoms with Gasteiger partial charge in [-0.15, -0.1) is 0 Å². The zero-order chi connectivity index (χ0) is 28.1. The van der Waals surface area contributed by atoms with Crippen LogP contribution in [0.2, 0.25) is 0 Å². The van der Waals surface area contributed by atoms with E-state index < -0.39 is 39.9 Å². The highest BCUT2D eigenvalue weighted by Crippen LogP contribution is 2.27. The number of rotatable bonds is 9. The zero-order valence-electron chi connectivity index (χ0n) is 22.3. The summed E-state index contributed by atoms with van der Waals surface area (Å²) in [6, 6.07) is 19.5. The second-order valence-corrected chi connectivity index (χ2v) is 12.0. The predicted octanol–water partition coefficient (Wildman–Crippen LogP) is 4.66. The van der Waals surface area contributed by atoms with Gasteiger partial charge in [0.15, 0.2) is 0 Å². The zero-order valence-corrected chi connectivity index (χ0v) is 23.1. The van der Waals surface area contributed by atoms with Gasteiger partial charge in [-0.1, -0.05) is 48.5 Å². The minimum atomic E-state index is -4.12. The number of hydrogen-bond acceptors (Lipinski definition) is 4. The van der Waals surface area contributed by atoms with Gasteiger partial charge < -0.3 is 10.2 Å². The molecule has 0 fully saturated rings. The van der Waals surface area contributed by atoms with Crippen LogP contribution in [0.1, 0.15) is 38.8 Å². The number of para-hydroxylation sites is 1. The summed E-state index contributed by atoms with van der Waals surface area (Å²) in [5.74, 6) is -1.39. The van der Waals surface area contributed by atoms with Crippen molar-refractivity contribution in [1.82, 2.24) is 10.2 Å². The predicted molar refractivity (Wildman–Crippen MR) is 146 cm³/mol. The Hall–Kier alpha value is -3.72. The van der Waals surface area contributed by atoms with Crippen LogP contribution in [-0.4, -0.2) is 43.3 Å². The molecular formula is C29H34FN3O4S. The summed E-state index contributed by atoms with van der Waals surface area (Å²) in [5.41, 5.74) is 1.09. The summed E-state index contributed by atoms with van der Waals surface area (Å²) < 4.78 is 42.1. The van der Waals surface area contributed by atoms with E-state index in [1.54, 1.807) is 56.3 Å². The van der Waals surface area contributed by atoms with Crippen LogP contribution >= 0.6 is 0 Å². The minimum absolute atomic E-state index is 0.00909. The maximum atomic E-state index is 13.9. The number of benzene rings is 3. The van der Waals surface area contributed by atoms with Crippen molar-refractivity contribution < 1.29 is 22.4 Å². The molecule has 9 heteroatoms. The van der Waals surface area contributed by atoms with Crippen molar-refractivity contribution in [3.8, 4) is 0 Å². The lowest BCUT2D eigenvalue weighted by molar-refractivity contribution is -0.140. The van der Waals surface area contributed by atoms with Gasteiger partial charge in [-0.3, -0.25) is 13.9 Å². The van der Waals surface area contributed by atoms with Crippen LogP contribution in [0.3, 0.4) is 0 Å². The third-order valence-electron chi connectivity index (χ3n) is 5.93. The molecule has 7 nitrogen and oxygen atoms in total. The highest BCUT2D eigenvalue weighted by molar-refractivity contribution is 7.92. The third kappa shape index (κ3) is 7.19. The molecule has 0 bridgehead atoms. The molecule has 3 rings (SSSR count). The normalized spacial score (nSPS) is 12.5. The Labute approximate surface area is 224 Å². The summed E-state index contributed by atoms with van der Waals surface area (Å²) in [6.07, 6.45) is 0. The number of sulfonamides is 1. The third-order valence-corrected chi connectivity index (χ3v) is 7.70. The van der Waals surface area contributed by atoms with E-state index in [1.807, 2.05) is 20.8 Å². The average molecular weight is 540 g/mol. The molecule has 202 valence electrons. The number of carbonyl (C=O) groups excluding carboxylic acids is 2. The van der Waals surface area contributed by atoms with Crippen molar-refractivity contribution in [2.75, 3.05) is 10.8 Å². The van der Waals surface area contributed by atoms with Gasteiger partial charge in [-0.25, -0.2) is 12.8 Å². The summed E-state index contributed by atoms with van der Waals surface area (Å²) in [7, 11) is -4.12. The molecule has 0 unspecified atom stereocenters. The van der Waals surface area contributed by atoms with Crippen molar-refractivity contribution in [3.05, 3.63) is 95.8 Å². The van der Waals surface area contributed by atoms with Crippen LogP contribution in [0.5, 0.6) is 0 Å². The number of hydrogen-bond donors (Lipinski definition) is 1. The lowest BCUT2D eigenvalue weighted by Gasteiger charge is -2.33. The Kier molecular flexibility index (Phi) is 8.93. The lowest BCUT2D eigenvalue weighted by Crippen LogP contribution is -2.54. The molecule has 0 saturated carbocycles. The number of nitrogens with one attached hydrogen (secondary N) is 1. The number of anilines is 1. The Morgan fingerprint density at radius 2 is 1.50 bits per heavy atom. The monoisotopic (exact) mass is 539 g/mol. The Morgan fingerprint density at radius 1 is 0.921 bits per heavy atom. The molecule has 0 aromatic heterocycles. The van der Waals surface area contributed by atoms with Crippen LogP contribution < -0.4 is 9.62 Å². The van der Waals surface area contributed by atoms with Crippen molar-refractivity contribution in [3.63, 3.8) is 0 Å². The van der Waals surface area contributed by atoms with Gasteiger partial charge in [0.25, 0.3) is 10.0 Å². The highest BCUT2D eigenvalue weighted by atomic mass is 32.2. The van der Waals surface area contributed by atoms with E-state index in [9.17, 15) is 22.4 Å². The standard InChI is InChI=1S/C29H34FN3O4S/c1-21-11-9-10-14-26(21)33(38(36,37)25-12-7-6-8-13-25)20-27(34)32(19-23-15-17-24(30)18-16-23)22(2)28(35)31-29(3,4)5/h6-18,22H,19-20H2,1-5H3,(H,31,35)/t22-/m1/s1. The van der Waals surface area contributed by atoms with E-state index in [4.69, 9.17) is 0 Å². The molecule has 0 aliphatic carbocycles. The topological polar surface area (TPSA) is 86.8 Å².